The Labute approximate surface area is 331 Å². The summed E-state index contributed by atoms with van der Waals surface area (Å²) in [7, 11) is 0. The number of hydrogen-bond acceptors (Lipinski definition) is 4. The third-order valence-electron chi connectivity index (χ3n) is 10.6. The lowest BCUT2D eigenvalue weighted by atomic mass is 9.98. The molecule has 9 aromatic rings. The van der Waals surface area contributed by atoms with Gasteiger partial charge in [-0.05, 0) is 58.1 Å². The van der Waals surface area contributed by atoms with Crippen LogP contribution in [0.1, 0.15) is 5.56 Å². The fraction of sp³-hybridized carbons (Fsp3) is 0.0192. The average Bonchev–Trinajstić information content (AvgIpc) is 3.83. The van der Waals surface area contributed by atoms with Gasteiger partial charge >= 0.3 is 0 Å². The number of anilines is 2. The lowest BCUT2D eigenvalue weighted by molar-refractivity contribution is 0.910. The molecule has 0 saturated heterocycles. The van der Waals surface area contributed by atoms with Gasteiger partial charge in [-0.15, -0.1) is 6.42 Å². The molecule has 1 aliphatic rings. The molecular weight excluding hydrogens is 695 g/mol. The summed E-state index contributed by atoms with van der Waals surface area (Å²) in [6, 6.07) is 65.2. The minimum Gasteiger partial charge on any atom is -0.313 e. The highest BCUT2D eigenvalue weighted by Crippen LogP contribution is 2.41. The van der Waals surface area contributed by atoms with Crippen LogP contribution in [0.25, 0.3) is 73.7 Å². The summed E-state index contributed by atoms with van der Waals surface area (Å²) in [6.07, 6.45) is 8.76. The molecule has 1 aliphatic heterocycles. The number of nitrogens with zero attached hydrogens (tertiary/aromatic N) is 5. The van der Waals surface area contributed by atoms with Gasteiger partial charge in [0, 0.05) is 51.3 Å². The van der Waals surface area contributed by atoms with E-state index in [0.29, 0.717) is 17.6 Å². The zero-order chi connectivity index (χ0) is 38.1. The fourth-order valence-electron chi connectivity index (χ4n) is 7.98. The number of fused-ring (bicyclic) bond motifs is 2. The molecule has 5 heteroatoms. The van der Waals surface area contributed by atoms with Gasteiger partial charge in [0.05, 0.1) is 10.9 Å². The zero-order valence-electron chi connectivity index (χ0n) is 31.0. The van der Waals surface area contributed by atoms with Crippen molar-refractivity contribution in [3.8, 4) is 63.3 Å². The molecular formula is C52H35N5. The molecule has 0 aliphatic carbocycles. The summed E-state index contributed by atoms with van der Waals surface area (Å²) in [5.74, 6) is 4.51. The molecule has 3 heterocycles. The summed E-state index contributed by atoms with van der Waals surface area (Å²) < 4.78 is 2.10. The van der Waals surface area contributed by atoms with E-state index in [1.165, 1.54) is 16.7 Å². The average molecular weight is 730 g/mol. The van der Waals surface area contributed by atoms with Crippen LogP contribution in [-0.2, 0) is 6.42 Å². The van der Waals surface area contributed by atoms with Crippen molar-refractivity contribution in [1.82, 2.24) is 19.5 Å². The summed E-state index contributed by atoms with van der Waals surface area (Å²) in [5.41, 5.74) is 12.0. The molecule has 0 atom stereocenters. The van der Waals surface area contributed by atoms with Gasteiger partial charge in [-0.3, -0.25) is 4.57 Å². The monoisotopic (exact) mass is 729 g/mol. The van der Waals surface area contributed by atoms with E-state index in [4.69, 9.17) is 21.4 Å². The van der Waals surface area contributed by atoms with Crippen molar-refractivity contribution < 1.29 is 0 Å². The quantitative estimate of drug-likeness (QED) is 0.160. The molecule has 7 aromatic carbocycles. The zero-order valence-corrected chi connectivity index (χ0v) is 31.0. The van der Waals surface area contributed by atoms with E-state index in [1.807, 2.05) is 48.5 Å². The third kappa shape index (κ3) is 6.16. The van der Waals surface area contributed by atoms with E-state index in [2.05, 4.69) is 161 Å². The third-order valence-corrected chi connectivity index (χ3v) is 10.6. The van der Waals surface area contributed by atoms with Crippen LogP contribution in [0.4, 0.5) is 11.4 Å². The Balaban J connectivity index is 1.18. The topological polar surface area (TPSA) is 46.8 Å². The van der Waals surface area contributed by atoms with Crippen LogP contribution in [0.15, 0.2) is 188 Å². The van der Waals surface area contributed by atoms with E-state index in [1.54, 1.807) is 0 Å². The molecule has 0 amide bonds. The molecule has 2 aromatic heterocycles. The Hall–Kier alpha value is -7.81. The largest absolute Gasteiger partial charge is 0.313 e. The maximum Gasteiger partial charge on any atom is 0.238 e. The van der Waals surface area contributed by atoms with Crippen molar-refractivity contribution in [1.29, 1.82) is 0 Å². The van der Waals surface area contributed by atoms with Crippen molar-refractivity contribution in [2.75, 3.05) is 4.90 Å². The molecule has 0 fully saturated rings. The van der Waals surface area contributed by atoms with Crippen LogP contribution in [-0.4, -0.2) is 19.5 Å². The molecule has 0 saturated carbocycles. The van der Waals surface area contributed by atoms with E-state index in [0.717, 1.165) is 67.2 Å². The van der Waals surface area contributed by atoms with Gasteiger partial charge in [0.15, 0.2) is 11.6 Å². The van der Waals surface area contributed by atoms with Crippen molar-refractivity contribution in [3.63, 3.8) is 0 Å². The normalized spacial score (nSPS) is 13.5. The smallest absolute Gasteiger partial charge is 0.238 e. The van der Waals surface area contributed by atoms with Crippen molar-refractivity contribution in [2.24, 2.45) is 0 Å². The standard InChI is InChI=1S/C52H35N5/c1-2-17-47-49(48-35-42-22-12-14-28-45(42)56(48)43-25-10-5-11-26-43)44-27-13-15-29-46(44)57(47)52-54-50(38-20-8-4-9-21-38)53-51(55-52)39-32-30-37(31-33-39)41-24-16-23-40(34-41)36-18-6-3-7-19-36/h1,3-34H,35H2/b47-17+,49-48+. The molecule has 0 spiro atoms. The van der Waals surface area contributed by atoms with Gasteiger partial charge in [-0.25, -0.2) is 4.98 Å². The van der Waals surface area contributed by atoms with Crippen molar-refractivity contribution >= 4 is 34.1 Å². The Morgan fingerprint density at radius 1 is 0.509 bits per heavy atom. The van der Waals surface area contributed by atoms with Crippen LogP contribution in [0.3, 0.4) is 0 Å². The number of rotatable bonds is 6. The second-order valence-corrected chi connectivity index (χ2v) is 14.0. The first-order chi connectivity index (χ1) is 28.2. The molecule has 57 heavy (non-hydrogen) atoms. The predicted molar refractivity (Wildman–Crippen MR) is 233 cm³/mol. The summed E-state index contributed by atoms with van der Waals surface area (Å²) in [4.78, 5) is 17.9. The molecule has 268 valence electrons. The van der Waals surface area contributed by atoms with E-state index >= 15 is 0 Å². The maximum atomic E-state index is 6.18. The first kappa shape index (κ1) is 33.7. The molecule has 0 N–H and O–H groups in total. The molecule has 5 nitrogen and oxygen atoms in total. The van der Waals surface area contributed by atoms with Crippen LogP contribution >= 0.6 is 0 Å². The van der Waals surface area contributed by atoms with Crippen LogP contribution < -0.4 is 15.5 Å². The van der Waals surface area contributed by atoms with E-state index in [9.17, 15) is 0 Å². The SMILES string of the molecule is C#C/C=c1\c(=C2/Cc3ccccc3N2c2ccccc2)c2ccccc2n1-c1nc(-c2ccccc2)nc(-c2ccc(-c3cccc(-c4ccccc4)c3)cc2)n1. The summed E-state index contributed by atoms with van der Waals surface area (Å²) in [6.45, 7) is 0. The predicted octanol–water partition coefficient (Wildman–Crippen LogP) is 10.4. The van der Waals surface area contributed by atoms with Gasteiger partial charge in [-0.2, -0.15) is 9.97 Å². The van der Waals surface area contributed by atoms with Crippen LogP contribution in [0.2, 0.25) is 0 Å². The van der Waals surface area contributed by atoms with E-state index in [-0.39, 0.29) is 0 Å². The minimum absolute atomic E-state index is 0.491. The fourth-order valence-corrected chi connectivity index (χ4v) is 7.98. The maximum absolute atomic E-state index is 6.18. The summed E-state index contributed by atoms with van der Waals surface area (Å²) in [5, 5.41) is 2.95. The highest BCUT2D eigenvalue weighted by Gasteiger charge is 2.28. The highest BCUT2D eigenvalue weighted by molar-refractivity contribution is 5.94. The number of aromatic nitrogens is 4. The number of para-hydroxylation sites is 3. The van der Waals surface area contributed by atoms with Gasteiger partial charge in [-0.1, -0.05) is 164 Å². The number of benzene rings is 7. The number of hydrogen-bond donors (Lipinski definition) is 0. The highest BCUT2D eigenvalue weighted by atomic mass is 15.2. The lowest BCUT2D eigenvalue weighted by Gasteiger charge is -2.22. The Kier molecular flexibility index (Phi) is 8.55. The second-order valence-electron chi connectivity index (χ2n) is 14.0. The van der Waals surface area contributed by atoms with Gasteiger partial charge in [0.1, 0.15) is 0 Å². The van der Waals surface area contributed by atoms with Gasteiger partial charge < -0.3 is 4.90 Å². The van der Waals surface area contributed by atoms with Gasteiger partial charge in [0.2, 0.25) is 5.95 Å². The van der Waals surface area contributed by atoms with E-state index < -0.39 is 0 Å². The van der Waals surface area contributed by atoms with Crippen LogP contribution in [0.5, 0.6) is 0 Å². The first-order valence-corrected chi connectivity index (χ1v) is 19.0. The minimum atomic E-state index is 0.491. The second kappa shape index (κ2) is 14.4. The lowest BCUT2D eigenvalue weighted by Crippen LogP contribution is -2.34. The molecule has 0 unspecified atom stereocenters. The number of terminal acetylenes is 1. The Morgan fingerprint density at radius 2 is 1.05 bits per heavy atom. The summed E-state index contributed by atoms with van der Waals surface area (Å²) >= 11 is 0. The van der Waals surface area contributed by atoms with Crippen molar-refractivity contribution in [3.05, 3.63) is 204 Å². The molecule has 10 rings (SSSR count). The molecule has 0 bridgehead atoms. The van der Waals surface area contributed by atoms with Crippen molar-refractivity contribution in [2.45, 2.75) is 6.42 Å². The molecule has 0 radical (unpaired) electrons. The Bertz CT molecular complexity index is 3090. The first-order valence-electron chi connectivity index (χ1n) is 19.0. The van der Waals surface area contributed by atoms with Crippen LogP contribution in [0, 0.1) is 12.3 Å². The Morgan fingerprint density at radius 3 is 1.75 bits per heavy atom. The van der Waals surface area contributed by atoms with Gasteiger partial charge in [0.25, 0.3) is 0 Å².